The predicted molar refractivity (Wildman–Crippen MR) is 217 cm³/mol. The molecule has 2 heterocycles. The van der Waals surface area contributed by atoms with E-state index in [9.17, 15) is 0 Å². The number of benzene rings is 8. The minimum Gasteiger partial charge on any atom is -0.456 e. The first-order valence-corrected chi connectivity index (χ1v) is 17.8. The van der Waals surface area contributed by atoms with Crippen molar-refractivity contribution in [3.05, 3.63) is 188 Å². The quantitative estimate of drug-likeness (QED) is 0.176. The van der Waals surface area contributed by atoms with Gasteiger partial charge in [-0.2, -0.15) is 0 Å². The van der Waals surface area contributed by atoms with Crippen molar-refractivity contribution in [1.82, 2.24) is 15.0 Å². The maximum Gasteiger partial charge on any atom is 0.164 e. The Morgan fingerprint density at radius 3 is 1.51 bits per heavy atom. The van der Waals surface area contributed by atoms with Crippen LogP contribution in [0.5, 0.6) is 0 Å². The molecule has 0 saturated carbocycles. The van der Waals surface area contributed by atoms with Crippen molar-refractivity contribution in [3.63, 3.8) is 0 Å². The average molecular weight is 678 g/mol. The molecular formula is C49H31N3O. The van der Waals surface area contributed by atoms with Gasteiger partial charge in [-0.1, -0.05) is 164 Å². The van der Waals surface area contributed by atoms with Crippen LogP contribution in [0.4, 0.5) is 0 Å². The summed E-state index contributed by atoms with van der Waals surface area (Å²) in [5, 5.41) is 4.44. The molecule has 10 rings (SSSR count). The third-order valence-corrected chi connectivity index (χ3v) is 9.95. The lowest BCUT2D eigenvalue weighted by atomic mass is 9.92. The molecule has 0 aliphatic heterocycles. The zero-order valence-corrected chi connectivity index (χ0v) is 28.6. The van der Waals surface area contributed by atoms with Crippen LogP contribution in [0.3, 0.4) is 0 Å². The molecule has 10 aromatic rings. The van der Waals surface area contributed by atoms with Crippen molar-refractivity contribution in [2.75, 3.05) is 0 Å². The summed E-state index contributed by atoms with van der Waals surface area (Å²) in [7, 11) is 0. The standard InChI is InChI=1S/C49H31N3O/c1-4-14-32(15-5-1)38-23-12-20-35-30-36(26-28-40(35)38)48-50-47(34-18-8-3-9-19-34)51-49(52-48)37-27-29-43-45(31-37)53-44-25-13-24-42(46(43)44)41-22-11-10-21-39(41)33-16-6-2-7-17-33/h1-31H. The van der Waals surface area contributed by atoms with Crippen LogP contribution in [0.2, 0.25) is 0 Å². The minimum atomic E-state index is 0.587. The molecule has 0 unspecified atom stereocenters. The highest BCUT2D eigenvalue weighted by Gasteiger charge is 2.18. The number of rotatable bonds is 6. The van der Waals surface area contributed by atoms with E-state index in [1.807, 2.05) is 42.5 Å². The SMILES string of the molecule is c1ccc(-c2nc(-c3ccc4c(-c5ccccc5)cccc4c3)nc(-c3ccc4c(c3)oc3cccc(-c5ccccc5-c5ccccc5)c34)n2)cc1. The molecule has 0 bridgehead atoms. The second-order valence-electron chi connectivity index (χ2n) is 13.2. The Balaban J connectivity index is 1.11. The van der Waals surface area contributed by atoms with Gasteiger partial charge in [0.2, 0.25) is 0 Å². The summed E-state index contributed by atoms with van der Waals surface area (Å²) in [6.07, 6.45) is 0. The van der Waals surface area contributed by atoms with Gasteiger partial charge in [0.1, 0.15) is 11.2 Å². The van der Waals surface area contributed by atoms with Gasteiger partial charge in [0.25, 0.3) is 0 Å². The van der Waals surface area contributed by atoms with Crippen LogP contribution in [0, 0.1) is 0 Å². The molecule has 0 spiro atoms. The highest BCUT2D eigenvalue weighted by Crippen LogP contribution is 2.41. The predicted octanol–water partition coefficient (Wildman–Crippen LogP) is 12.9. The van der Waals surface area contributed by atoms with Crippen LogP contribution < -0.4 is 0 Å². The van der Waals surface area contributed by atoms with Gasteiger partial charge in [-0.15, -0.1) is 0 Å². The first kappa shape index (κ1) is 30.6. The highest BCUT2D eigenvalue weighted by molar-refractivity contribution is 6.14. The van der Waals surface area contributed by atoms with Crippen LogP contribution in [-0.4, -0.2) is 15.0 Å². The van der Waals surface area contributed by atoms with Gasteiger partial charge in [0.15, 0.2) is 17.5 Å². The number of aromatic nitrogens is 3. The lowest BCUT2D eigenvalue weighted by molar-refractivity contribution is 0.669. The normalized spacial score (nSPS) is 11.4. The van der Waals surface area contributed by atoms with Gasteiger partial charge in [-0.3, -0.25) is 0 Å². The molecule has 0 fully saturated rings. The number of hydrogen-bond acceptors (Lipinski definition) is 4. The summed E-state index contributed by atoms with van der Waals surface area (Å²) in [5.41, 5.74) is 11.4. The molecule has 0 amide bonds. The van der Waals surface area contributed by atoms with Crippen molar-refractivity contribution in [2.45, 2.75) is 0 Å². The van der Waals surface area contributed by atoms with Crippen molar-refractivity contribution in [1.29, 1.82) is 0 Å². The van der Waals surface area contributed by atoms with E-state index in [1.54, 1.807) is 0 Å². The van der Waals surface area contributed by atoms with Crippen LogP contribution in [0.15, 0.2) is 192 Å². The van der Waals surface area contributed by atoms with Gasteiger partial charge >= 0.3 is 0 Å². The molecule has 53 heavy (non-hydrogen) atoms. The van der Waals surface area contributed by atoms with E-state index in [0.717, 1.165) is 55.1 Å². The average Bonchev–Trinajstić information content (AvgIpc) is 3.62. The van der Waals surface area contributed by atoms with Crippen LogP contribution in [-0.2, 0) is 0 Å². The summed E-state index contributed by atoms with van der Waals surface area (Å²) < 4.78 is 6.58. The number of fused-ring (bicyclic) bond motifs is 4. The molecule has 0 saturated heterocycles. The molecule has 248 valence electrons. The van der Waals surface area contributed by atoms with E-state index in [4.69, 9.17) is 19.4 Å². The molecule has 0 aliphatic rings. The first-order chi connectivity index (χ1) is 26.3. The maximum absolute atomic E-state index is 6.58. The smallest absolute Gasteiger partial charge is 0.164 e. The Morgan fingerprint density at radius 1 is 0.302 bits per heavy atom. The van der Waals surface area contributed by atoms with Crippen molar-refractivity contribution in [3.8, 4) is 67.5 Å². The number of nitrogens with zero attached hydrogens (tertiary/aromatic N) is 3. The second-order valence-corrected chi connectivity index (χ2v) is 13.2. The highest BCUT2D eigenvalue weighted by atomic mass is 16.3. The van der Waals surface area contributed by atoms with E-state index in [2.05, 4.69) is 146 Å². The van der Waals surface area contributed by atoms with E-state index < -0.39 is 0 Å². The van der Waals surface area contributed by atoms with Crippen molar-refractivity contribution < 1.29 is 4.42 Å². The fourth-order valence-corrected chi connectivity index (χ4v) is 7.42. The van der Waals surface area contributed by atoms with Crippen LogP contribution >= 0.6 is 0 Å². The molecule has 4 heteroatoms. The van der Waals surface area contributed by atoms with Gasteiger partial charge in [-0.25, -0.2) is 15.0 Å². The number of furan rings is 1. The van der Waals surface area contributed by atoms with E-state index in [-0.39, 0.29) is 0 Å². The molecule has 4 nitrogen and oxygen atoms in total. The zero-order valence-electron chi connectivity index (χ0n) is 28.6. The van der Waals surface area contributed by atoms with E-state index in [1.165, 1.54) is 27.6 Å². The lowest BCUT2D eigenvalue weighted by Crippen LogP contribution is -2.00. The molecular weight excluding hydrogens is 647 g/mol. The number of hydrogen-bond donors (Lipinski definition) is 0. The first-order valence-electron chi connectivity index (χ1n) is 17.8. The topological polar surface area (TPSA) is 51.8 Å². The fourth-order valence-electron chi connectivity index (χ4n) is 7.42. The fraction of sp³-hybridized carbons (Fsp3) is 0. The molecule has 0 atom stereocenters. The van der Waals surface area contributed by atoms with Gasteiger partial charge in [0, 0.05) is 27.5 Å². The monoisotopic (exact) mass is 677 g/mol. The third-order valence-electron chi connectivity index (χ3n) is 9.95. The summed E-state index contributed by atoms with van der Waals surface area (Å²) in [5.74, 6) is 1.82. The zero-order chi connectivity index (χ0) is 35.1. The van der Waals surface area contributed by atoms with E-state index in [0.29, 0.717) is 17.5 Å². The molecule has 2 aromatic heterocycles. The Morgan fingerprint density at radius 2 is 0.811 bits per heavy atom. The lowest BCUT2D eigenvalue weighted by Gasteiger charge is -2.11. The Hall–Kier alpha value is -7.17. The second kappa shape index (κ2) is 12.9. The van der Waals surface area contributed by atoms with Gasteiger partial charge in [0.05, 0.1) is 0 Å². The minimum absolute atomic E-state index is 0.587. The largest absolute Gasteiger partial charge is 0.456 e. The van der Waals surface area contributed by atoms with Crippen LogP contribution in [0.1, 0.15) is 0 Å². The summed E-state index contributed by atoms with van der Waals surface area (Å²) in [4.78, 5) is 15.1. The Bertz CT molecular complexity index is 2940. The summed E-state index contributed by atoms with van der Waals surface area (Å²) in [6.45, 7) is 0. The Labute approximate surface area is 306 Å². The molecule has 0 radical (unpaired) electrons. The summed E-state index contributed by atoms with van der Waals surface area (Å²) in [6, 6.07) is 65.2. The van der Waals surface area contributed by atoms with Gasteiger partial charge < -0.3 is 4.42 Å². The Kier molecular flexibility index (Phi) is 7.43. The molecule has 0 N–H and O–H groups in total. The summed E-state index contributed by atoms with van der Waals surface area (Å²) >= 11 is 0. The van der Waals surface area contributed by atoms with Gasteiger partial charge in [-0.05, 0) is 68.4 Å². The van der Waals surface area contributed by atoms with E-state index >= 15 is 0 Å². The van der Waals surface area contributed by atoms with Crippen molar-refractivity contribution >= 4 is 32.7 Å². The van der Waals surface area contributed by atoms with Crippen LogP contribution in [0.25, 0.3) is 100 Å². The molecule has 0 aliphatic carbocycles. The van der Waals surface area contributed by atoms with Crippen molar-refractivity contribution in [2.24, 2.45) is 0 Å². The third kappa shape index (κ3) is 5.54. The molecule has 8 aromatic carbocycles. The maximum atomic E-state index is 6.58.